The van der Waals surface area contributed by atoms with Crippen molar-refractivity contribution >= 4 is 23.2 Å². The monoisotopic (exact) mass is 433 g/mol. The molecule has 7 heteroatoms. The molecule has 2 aromatic carbocycles. The maximum Gasteiger partial charge on any atom is 0.173 e. The standard InChI is InChI=1S/C24H23N3O3S/c1-15-12-22(31-14-19(28)18-10-11-20(29-3)21(13-18)30-4)27-24(25-15)23(16(2)26-27)17-8-6-5-7-9-17/h5-13H,14H2,1-4H3. The molecule has 0 spiro atoms. The summed E-state index contributed by atoms with van der Waals surface area (Å²) < 4.78 is 12.4. The van der Waals surface area contributed by atoms with Crippen LogP contribution >= 0.6 is 11.8 Å². The lowest BCUT2D eigenvalue weighted by molar-refractivity contribution is 0.102. The highest BCUT2D eigenvalue weighted by Gasteiger charge is 2.17. The van der Waals surface area contributed by atoms with E-state index in [0.717, 1.165) is 33.2 Å². The fraction of sp³-hybridized carbons (Fsp3) is 0.208. The fourth-order valence-corrected chi connectivity index (χ4v) is 4.44. The minimum Gasteiger partial charge on any atom is -0.493 e. The van der Waals surface area contributed by atoms with Crippen molar-refractivity contribution in [3.05, 3.63) is 71.5 Å². The summed E-state index contributed by atoms with van der Waals surface area (Å²) in [5.41, 5.74) is 5.24. The highest BCUT2D eigenvalue weighted by Crippen LogP contribution is 2.31. The van der Waals surface area contributed by atoms with E-state index in [1.807, 2.05) is 42.6 Å². The van der Waals surface area contributed by atoms with Crippen LogP contribution in [0.2, 0.25) is 0 Å². The molecule has 2 aromatic heterocycles. The van der Waals surface area contributed by atoms with Gasteiger partial charge in [-0.2, -0.15) is 5.10 Å². The van der Waals surface area contributed by atoms with Crippen LogP contribution in [-0.4, -0.2) is 40.4 Å². The molecule has 0 atom stereocenters. The maximum atomic E-state index is 12.8. The van der Waals surface area contributed by atoms with Crippen molar-refractivity contribution < 1.29 is 14.3 Å². The van der Waals surface area contributed by atoms with Crippen LogP contribution in [0.1, 0.15) is 21.7 Å². The van der Waals surface area contributed by atoms with Crippen LogP contribution in [0.25, 0.3) is 16.8 Å². The smallest absolute Gasteiger partial charge is 0.173 e. The third-order valence-electron chi connectivity index (χ3n) is 4.98. The van der Waals surface area contributed by atoms with Gasteiger partial charge in [0.15, 0.2) is 22.9 Å². The number of rotatable bonds is 7. The maximum absolute atomic E-state index is 12.8. The van der Waals surface area contributed by atoms with Gasteiger partial charge in [-0.1, -0.05) is 42.1 Å². The molecule has 0 aliphatic heterocycles. The molecule has 0 saturated heterocycles. The molecule has 158 valence electrons. The topological polar surface area (TPSA) is 65.7 Å². The molecule has 0 unspecified atom stereocenters. The lowest BCUT2D eigenvalue weighted by Crippen LogP contribution is -2.05. The van der Waals surface area contributed by atoms with Gasteiger partial charge in [0, 0.05) is 16.8 Å². The Kier molecular flexibility index (Phi) is 5.95. The normalized spacial score (nSPS) is 11.0. The Labute approximate surface area is 185 Å². The Morgan fingerprint density at radius 3 is 2.45 bits per heavy atom. The molecule has 0 bridgehead atoms. The van der Waals surface area contributed by atoms with Crippen LogP contribution in [0, 0.1) is 13.8 Å². The van der Waals surface area contributed by atoms with E-state index in [-0.39, 0.29) is 11.5 Å². The average Bonchev–Trinajstić information content (AvgIpc) is 3.12. The predicted molar refractivity (Wildman–Crippen MR) is 122 cm³/mol. The van der Waals surface area contributed by atoms with Crippen molar-refractivity contribution in [1.82, 2.24) is 14.6 Å². The molecule has 0 radical (unpaired) electrons. The number of carbonyl (C=O) groups is 1. The number of benzene rings is 2. The molecular formula is C24H23N3O3S. The minimum atomic E-state index is 0.000675. The Bertz CT molecular complexity index is 1250. The largest absolute Gasteiger partial charge is 0.493 e. The van der Waals surface area contributed by atoms with Crippen molar-refractivity contribution in [2.75, 3.05) is 20.0 Å². The van der Waals surface area contributed by atoms with Crippen molar-refractivity contribution in [2.24, 2.45) is 0 Å². The van der Waals surface area contributed by atoms with E-state index in [4.69, 9.17) is 19.6 Å². The van der Waals surface area contributed by atoms with Crippen molar-refractivity contribution in [3.63, 3.8) is 0 Å². The van der Waals surface area contributed by atoms with Gasteiger partial charge in [0.25, 0.3) is 0 Å². The number of nitrogens with zero attached hydrogens (tertiary/aromatic N) is 3. The van der Waals surface area contributed by atoms with E-state index >= 15 is 0 Å². The Hall–Kier alpha value is -3.32. The summed E-state index contributed by atoms with van der Waals surface area (Å²) in [6, 6.07) is 17.3. The van der Waals surface area contributed by atoms with Crippen LogP contribution in [0.3, 0.4) is 0 Å². The summed E-state index contributed by atoms with van der Waals surface area (Å²) >= 11 is 1.45. The number of thioether (sulfide) groups is 1. The summed E-state index contributed by atoms with van der Waals surface area (Å²) in [6.45, 7) is 3.94. The Balaban J connectivity index is 1.64. The van der Waals surface area contributed by atoms with Crippen LogP contribution in [-0.2, 0) is 0 Å². The molecule has 0 fully saturated rings. The minimum absolute atomic E-state index is 0.000675. The lowest BCUT2D eigenvalue weighted by atomic mass is 10.1. The molecule has 0 aliphatic carbocycles. The van der Waals surface area contributed by atoms with E-state index in [1.54, 1.807) is 32.4 Å². The zero-order chi connectivity index (χ0) is 22.0. The van der Waals surface area contributed by atoms with E-state index in [9.17, 15) is 4.79 Å². The number of aryl methyl sites for hydroxylation is 2. The highest BCUT2D eigenvalue weighted by molar-refractivity contribution is 7.99. The van der Waals surface area contributed by atoms with Gasteiger partial charge >= 0.3 is 0 Å². The third kappa shape index (κ3) is 4.14. The summed E-state index contributed by atoms with van der Waals surface area (Å²) in [6.07, 6.45) is 0. The van der Waals surface area contributed by atoms with E-state index in [1.165, 1.54) is 11.8 Å². The zero-order valence-electron chi connectivity index (χ0n) is 17.9. The SMILES string of the molecule is COc1ccc(C(=O)CSc2cc(C)nc3c(-c4ccccc4)c(C)nn23)cc1OC. The molecule has 2 heterocycles. The van der Waals surface area contributed by atoms with Gasteiger partial charge in [0.1, 0.15) is 5.03 Å². The van der Waals surface area contributed by atoms with Gasteiger partial charge in [-0.05, 0) is 43.7 Å². The number of carbonyl (C=O) groups excluding carboxylic acids is 1. The lowest BCUT2D eigenvalue weighted by Gasteiger charge is -2.09. The first kappa shape index (κ1) is 20.9. The van der Waals surface area contributed by atoms with Crippen molar-refractivity contribution in [3.8, 4) is 22.6 Å². The molecule has 0 saturated carbocycles. The second-order valence-corrected chi connectivity index (χ2v) is 8.07. The molecule has 31 heavy (non-hydrogen) atoms. The molecule has 0 N–H and O–H groups in total. The molecule has 4 aromatic rings. The van der Waals surface area contributed by atoms with Crippen LogP contribution in [0.4, 0.5) is 0 Å². The quantitative estimate of drug-likeness (QED) is 0.232. The van der Waals surface area contributed by atoms with Gasteiger partial charge in [-0.15, -0.1) is 0 Å². The summed E-state index contributed by atoms with van der Waals surface area (Å²) in [5.74, 6) is 1.41. The van der Waals surface area contributed by atoms with Crippen LogP contribution in [0.15, 0.2) is 59.6 Å². The van der Waals surface area contributed by atoms with Gasteiger partial charge in [0.05, 0.1) is 25.7 Å². The number of fused-ring (bicyclic) bond motifs is 1. The number of ketones is 1. The van der Waals surface area contributed by atoms with E-state index in [0.29, 0.717) is 17.1 Å². The van der Waals surface area contributed by atoms with Crippen LogP contribution in [0.5, 0.6) is 11.5 Å². The highest BCUT2D eigenvalue weighted by atomic mass is 32.2. The number of hydrogen-bond donors (Lipinski definition) is 0. The molecule has 0 amide bonds. The second-order valence-electron chi connectivity index (χ2n) is 7.08. The van der Waals surface area contributed by atoms with Crippen molar-refractivity contribution in [2.45, 2.75) is 18.9 Å². The Morgan fingerprint density at radius 2 is 1.74 bits per heavy atom. The summed E-state index contributed by atoms with van der Waals surface area (Å²) in [4.78, 5) is 17.6. The number of hydrogen-bond acceptors (Lipinski definition) is 6. The number of aromatic nitrogens is 3. The van der Waals surface area contributed by atoms with Gasteiger partial charge in [-0.25, -0.2) is 9.50 Å². The molecule has 0 aliphatic rings. The van der Waals surface area contributed by atoms with Crippen LogP contribution < -0.4 is 9.47 Å². The molecule has 6 nitrogen and oxygen atoms in total. The average molecular weight is 434 g/mol. The second kappa shape index (κ2) is 8.81. The Morgan fingerprint density at radius 1 is 1.00 bits per heavy atom. The predicted octanol–water partition coefficient (Wildman–Crippen LogP) is 5.01. The third-order valence-corrected chi connectivity index (χ3v) is 5.97. The first-order valence-electron chi connectivity index (χ1n) is 9.82. The van der Waals surface area contributed by atoms with Gasteiger partial charge in [0.2, 0.25) is 0 Å². The summed E-state index contributed by atoms with van der Waals surface area (Å²) in [7, 11) is 3.13. The number of Topliss-reactive ketones (excluding diaryl/α,β-unsaturated/α-hetero) is 1. The summed E-state index contributed by atoms with van der Waals surface area (Å²) in [5, 5.41) is 5.59. The first-order chi connectivity index (χ1) is 15.0. The fourth-order valence-electron chi connectivity index (χ4n) is 3.49. The number of methoxy groups -OCH3 is 2. The van der Waals surface area contributed by atoms with E-state index < -0.39 is 0 Å². The van der Waals surface area contributed by atoms with E-state index in [2.05, 4.69) is 12.1 Å². The van der Waals surface area contributed by atoms with Gasteiger partial charge < -0.3 is 9.47 Å². The molecular weight excluding hydrogens is 410 g/mol. The van der Waals surface area contributed by atoms with Crippen molar-refractivity contribution in [1.29, 1.82) is 0 Å². The zero-order valence-corrected chi connectivity index (χ0v) is 18.7. The van der Waals surface area contributed by atoms with Gasteiger partial charge in [-0.3, -0.25) is 4.79 Å². The first-order valence-corrected chi connectivity index (χ1v) is 10.8. The number of ether oxygens (including phenoxy) is 2. The molecule has 4 rings (SSSR count).